The van der Waals surface area contributed by atoms with Crippen LogP contribution in [0.15, 0.2) is 48.1 Å². The molecule has 1 aromatic carbocycles. The van der Waals surface area contributed by atoms with Crippen LogP contribution in [0.2, 0.25) is 5.02 Å². The Labute approximate surface area is 268 Å². The van der Waals surface area contributed by atoms with Crippen LogP contribution in [-0.2, 0) is 16.1 Å². The van der Waals surface area contributed by atoms with Crippen LogP contribution in [0, 0.1) is 46.8 Å². The maximum atomic E-state index is 17.5. The van der Waals surface area contributed by atoms with E-state index in [9.17, 15) is 14.7 Å². The molecule has 1 saturated heterocycles. The number of ketones is 1. The first kappa shape index (κ1) is 34.2. The van der Waals surface area contributed by atoms with Crippen molar-refractivity contribution in [1.29, 1.82) is 0 Å². The van der Waals surface area contributed by atoms with Gasteiger partial charge in [-0.2, -0.15) is 0 Å². The number of aliphatic hydroxyl groups is 1. The van der Waals surface area contributed by atoms with Gasteiger partial charge in [0.2, 0.25) is 0 Å². The molecular weight excluding hydrogens is 611 g/mol. The topological polar surface area (TPSA) is 57.6 Å². The van der Waals surface area contributed by atoms with Crippen molar-refractivity contribution in [2.75, 3.05) is 18.3 Å². The number of alkyl halides is 3. The number of likely N-dealkylation sites (tertiary alicyclic amines) is 1. The van der Waals surface area contributed by atoms with Gasteiger partial charge in [0.05, 0.1) is 16.7 Å². The van der Waals surface area contributed by atoms with E-state index in [1.165, 1.54) is 18.2 Å². The van der Waals surface area contributed by atoms with Gasteiger partial charge in [0.25, 0.3) is 0 Å². The van der Waals surface area contributed by atoms with Crippen molar-refractivity contribution in [2.45, 2.75) is 71.4 Å². The zero-order valence-electron chi connectivity index (χ0n) is 25.2. The number of halogens is 4. The van der Waals surface area contributed by atoms with Gasteiger partial charge in [-0.1, -0.05) is 62.3 Å². The van der Waals surface area contributed by atoms with Gasteiger partial charge < -0.3 is 5.11 Å². The number of carbonyl (C=O) groups is 2. The van der Waals surface area contributed by atoms with Crippen molar-refractivity contribution < 1.29 is 23.5 Å². The average molecular weight is 653 g/mol. The van der Waals surface area contributed by atoms with Crippen molar-refractivity contribution in [3.8, 4) is 12.8 Å². The Morgan fingerprint density at radius 3 is 2.56 bits per heavy atom. The molecule has 0 aromatic heterocycles. The Morgan fingerprint density at radius 1 is 1.21 bits per heavy atom. The molecule has 4 fully saturated rings. The van der Waals surface area contributed by atoms with E-state index in [1.807, 2.05) is 45.0 Å². The maximum Gasteiger partial charge on any atom is 0.198 e. The second-order valence-electron chi connectivity index (χ2n) is 12.6. The van der Waals surface area contributed by atoms with Crippen LogP contribution in [0.3, 0.4) is 0 Å². The molecular formula is C34H41Cl2F2NO3S. The van der Waals surface area contributed by atoms with Crippen LogP contribution < -0.4 is 0 Å². The molecule has 234 valence electrons. The van der Waals surface area contributed by atoms with Crippen molar-refractivity contribution in [1.82, 2.24) is 4.90 Å². The predicted octanol–water partition coefficient (Wildman–Crippen LogP) is 7.42. The summed E-state index contributed by atoms with van der Waals surface area (Å²) in [6, 6.07) is 7.65. The number of carbonyl (C=O) groups excluding carboxylic acids is 2. The summed E-state index contributed by atoms with van der Waals surface area (Å²) in [4.78, 5) is 28.4. The molecule has 4 aliphatic carbocycles. The highest BCUT2D eigenvalue weighted by molar-refractivity contribution is 8.14. The van der Waals surface area contributed by atoms with Crippen LogP contribution in [0.5, 0.6) is 0 Å². The summed E-state index contributed by atoms with van der Waals surface area (Å²) >= 11 is 13.4. The zero-order valence-corrected chi connectivity index (χ0v) is 27.5. The van der Waals surface area contributed by atoms with Gasteiger partial charge in [0.15, 0.2) is 16.6 Å². The Morgan fingerprint density at radius 2 is 1.91 bits per heavy atom. The molecule has 9 atom stereocenters. The lowest BCUT2D eigenvalue weighted by molar-refractivity contribution is -0.210. The summed E-state index contributed by atoms with van der Waals surface area (Å²) in [6.45, 7) is 9.35. The number of terminal acetylenes is 1. The Hall–Kier alpha value is -1.69. The third-order valence-corrected chi connectivity index (χ3v) is 12.4. The van der Waals surface area contributed by atoms with Crippen LogP contribution in [-0.4, -0.2) is 57.2 Å². The minimum absolute atomic E-state index is 0.0257. The van der Waals surface area contributed by atoms with E-state index in [1.54, 1.807) is 6.92 Å². The molecule has 1 aromatic rings. The van der Waals surface area contributed by atoms with Gasteiger partial charge in [-0.05, 0) is 78.9 Å². The van der Waals surface area contributed by atoms with E-state index >= 15 is 8.78 Å². The zero-order chi connectivity index (χ0) is 32.0. The molecule has 6 rings (SSSR count). The summed E-state index contributed by atoms with van der Waals surface area (Å²) in [5, 5.41) is 12.4. The van der Waals surface area contributed by atoms with Crippen molar-refractivity contribution in [3.63, 3.8) is 0 Å². The number of rotatable bonds is 4. The van der Waals surface area contributed by atoms with Crippen LogP contribution in [0.1, 0.15) is 52.5 Å². The molecule has 0 spiro atoms. The normalized spacial score (nSPS) is 40.9. The number of nitrogens with zero attached hydrogens (tertiary/aromatic N) is 1. The van der Waals surface area contributed by atoms with Crippen molar-refractivity contribution in [2.24, 2.45) is 34.0 Å². The molecule has 1 unspecified atom stereocenters. The Balaban J connectivity index is 0.00000102. The molecule has 43 heavy (non-hydrogen) atoms. The number of allylic oxidation sites excluding steroid dienone is 4. The second-order valence-corrected chi connectivity index (χ2v) is 14.6. The average Bonchev–Trinajstić information content (AvgIpc) is 3.46. The molecule has 5 aliphatic rings. The van der Waals surface area contributed by atoms with E-state index in [0.717, 1.165) is 17.3 Å². The van der Waals surface area contributed by atoms with Gasteiger partial charge in [-0.15, -0.1) is 24.4 Å². The molecule has 0 radical (unpaired) electrons. The van der Waals surface area contributed by atoms with E-state index < -0.39 is 40.1 Å². The summed E-state index contributed by atoms with van der Waals surface area (Å²) in [7, 11) is 0. The van der Waals surface area contributed by atoms with Gasteiger partial charge in [-0.25, -0.2) is 8.78 Å². The third-order valence-electron chi connectivity index (χ3n) is 11.1. The highest BCUT2D eigenvalue weighted by Gasteiger charge is 2.78. The minimum atomic E-state index is -2.15. The first-order chi connectivity index (χ1) is 20.4. The second kappa shape index (κ2) is 12.6. The SMILES string of the molecule is C#C.CC.C[C@]12C=CC(=O)C=C1[C@@H](F)C[C@H]1C3C[C@H]4CN(Cc5cccc(Cl)c5)C[C@@]4(C(=O)SCCl)[C@@]3(C)C[C@H](O)[C@@]12F. The highest BCUT2D eigenvalue weighted by atomic mass is 35.5. The number of benzene rings is 1. The molecule has 9 heteroatoms. The molecule has 1 N–H and O–H groups in total. The quantitative estimate of drug-likeness (QED) is 0.271. The van der Waals surface area contributed by atoms with Crippen LogP contribution in [0.4, 0.5) is 8.78 Å². The highest BCUT2D eigenvalue weighted by Crippen LogP contribution is 2.75. The maximum absolute atomic E-state index is 17.5. The van der Waals surface area contributed by atoms with Gasteiger partial charge in [0.1, 0.15) is 6.17 Å². The monoisotopic (exact) mass is 651 g/mol. The first-order valence-electron chi connectivity index (χ1n) is 14.9. The summed E-state index contributed by atoms with van der Waals surface area (Å²) in [6.07, 6.45) is 9.60. The Bertz CT molecular complexity index is 1340. The number of aliphatic hydroxyl groups excluding tert-OH is 1. The van der Waals surface area contributed by atoms with Crippen LogP contribution in [0.25, 0.3) is 0 Å². The number of hydrogen-bond donors (Lipinski definition) is 1. The van der Waals surface area contributed by atoms with E-state index in [2.05, 4.69) is 17.7 Å². The van der Waals surface area contributed by atoms with Crippen LogP contribution >= 0.6 is 35.0 Å². The van der Waals surface area contributed by atoms with Gasteiger partial charge in [0, 0.05) is 36.0 Å². The fourth-order valence-electron chi connectivity index (χ4n) is 9.40. The molecule has 0 amide bonds. The van der Waals surface area contributed by atoms with E-state index in [4.69, 9.17) is 23.2 Å². The number of thioether (sulfide) groups is 1. The smallest absolute Gasteiger partial charge is 0.198 e. The van der Waals surface area contributed by atoms with Crippen molar-refractivity contribution in [3.05, 3.63) is 58.7 Å². The fraction of sp³-hybridized carbons (Fsp3) is 0.588. The molecule has 0 bridgehead atoms. The third kappa shape index (κ3) is 4.95. The minimum Gasteiger partial charge on any atom is -0.390 e. The summed E-state index contributed by atoms with van der Waals surface area (Å²) in [5.74, 6) is -1.53. The van der Waals surface area contributed by atoms with Gasteiger partial charge >= 0.3 is 0 Å². The molecule has 4 nitrogen and oxygen atoms in total. The largest absolute Gasteiger partial charge is 0.390 e. The predicted molar refractivity (Wildman–Crippen MR) is 171 cm³/mol. The summed E-state index contributed by atoms with van der Waals surface area (Å²) in [5.41, 5.74) is -4.01. The van der Waals surface area contributed by atoms with E-state index in [0.29, 0.717) is 31.1 Å². The Kier molecular flexibility index (Phi) is 10.0. The van der Waals surface area contributed by atoms with Gasteiger partial charge in [-0.3, -0.25) is 14.5 Å². The molecule has 1 heterocycles. The number of fused-ring (bicyclic) bond motifs is 7. The standard InChI is InChI=1S/C30H33Cl2F2NO3S.C2H6.C2H2/c1-27-7-6-20(36)10-23(27)24(33)11-22-21-9-18-14-35(13-17-4-3-5-19(32)8-17)15-29(18,26(38)39-16-31)28(21,2)12-25(37)30(22,27)34;2*1-2/h3-8,10,18,21-22,24-25,37H,9,11-16H2,1-2H3;1-2H3;1-2H/t18-,21?,22-,24-,25-,27-,28-,29+,30-;;/m0../s1. The summed E-state index contributed by atoms with van der Waals surface area (Å²) < 4.78 is 33.3. The lowest BCUT2D eigenvalue weighted by atomic mass is 9.43. The lowest BCUT2D eigenvalue weighted by Crippen LogP contribution is -2.69. The molecule has 1 aliphatic heterocycles. The van der Waals surface area contributed by atoms with E-state index in [-0.39, 0.29) is 46.4 Å². The van der Waals surface area contributed by atoms with Crippen molar-refractivity contribution >= 4 is 45.9 Å². The lowest BCUT2D eigenvalue weighted by Gasteiger charge is -2.63. The fourth-order valence-corrected chi connectivity index (χ4v) is 10.7. The number of hydrogen-bond acceptors (Lipinski definition) is 5. The molecule has 3 saturated carbocycles. The first-order valence-corrected chi connectivity index (χ1v) is 16.8.